The summed E-state index contributed by atoms with van der Waals surface area (Å²) in [5.41, 5.74) is 12.2. The number of nitrogens with one attached hydrogen (secondary N) is 1. The number of amides is 3. The zero-order valence-corrected chi connectivity index (χ0v) is 20.6. The number of carbonyl (C=O) groups excluding carboxylic acids is 3. The molecule has 1 aromatic heterocycles. The Morgan fingerprint density at radius 3 is 2.38 bits per heavy atom. The summed E-state index contributed by atoms with van der Waals surface area (Å²) < 4.78 is 16.5. The van der Waals surface area contributed by atoms with Crippen LogP contribution < -0.4 is 26.3 Å². The van der Waals surface area contributed by atoms with Crippen molar-refractivity contribution in [3.05, 3.63) is 60.1 Å². The summed E-state index contributed by atoms with van der Waals surface area (Å²) in [4.78, 5) is 41.8. The third-order valence-corrected chi connectivity index (χ3v) is 6.46. The normalized spacial score (nSPS) is 19.9. The number of likely N-dealkylation sites (tertiary alicyclic amines) is 1. The molecular weight excluding hydrogens is 478 g/mol. The Morgan fingerprint density at radius 1 is 1.03 bits per heavy atom. The number of hydrogen-bond acceptors (Lipinski definition) is 8. The van der Waals surface area contributed by atoms with E-state index in [1.807, 2.05) is 0 Å². The summed E-state index contributed by atoms with van der Waals surface area (Å²) in [5, 5.41) is 3.03. The molecule has 196 valence electrons. The van der Waals surface area contributed by atoms with Crippen molar-refractivity contribution in [2.24, 2.45) is 11.5 Å². The first-order valence-electron chi connectivity index (χ1n) is 12.1. The minimum absolute atomic E-state index is 0.0346. The van der Waals surface area contributed by atoms with Crippen LogP contribution in [0.2, 0.25) is 0 Å². The molecule has 2 aromatic rings. The molecule has 3 amide bonds. The van der Waals surface area contributed by atoms with E-state index in [9.17, 15) is 14.4 Å². The lowest BCUT2D eigenvalue weighted by molar-refractivity contribution is -0.116. The van der Waals surface area contributed by atoms with Crippen molar-refractivity contribution in [3.8, 4) is 11.5 Å². The van der Waals surface area contributed by atoms with Crippen LogP contribution in [0.4, 0.5) is 4.79 Å². The number of rotatable bonds is 8. The van der Waals surface area contributed by atoms with Gasteiger partial charge in [-0.05, 0) is 49.9 Å². The molecule has 0 atom stereocenters. The number of benzene rings is 1. The zero-order chi connectivity index (χ0) is 26.4. The second-order valence-electron chi connectivity index (χ2n) is 9.00. The molecule has 0 spiro atoms. The second-order valence-corrected chi connectivity index (χ2v) is 9.00. The number of methoxy groups -OCH3 is 1. The Kier molecular flexibility index (Phi) is 8.11. The minimum atomic E-state index is -0.529. The van der Waals surface area contributed by atoms with E-state index in [1.165, 1.54) is 24.4 Å². The van der Waals surface area contributed by atoms with Crippen LogP contribution in [0.3, 0.4) is 0 Å². The maximum Gasteiger partial charge on any atom is 0.409 e. The smallest absolute Gasteiger partial charge is 0.409 e. The van der Waals surface area contributed by atoms with Gasteiger partial charge >= 0.3 is 6.09 Å². The fourth-order valence-electron chi connectivity index (χ4n) is 4.41. The van der Waals surface area contributed by atoms with Gasteiger partial charge in [0.15, 0.2) is 0 Å². The van der Waals surface area contributed by atoms with Crippen molar-refractivity contribution in [2.45, 2.75) is 43.9 Å². The number of pyridine rings is 1. The Balaban J connectivity index is 1.25. The molecule has 4 rings (SSSR count). The molecule has 0 unspecified atom stereocenters. The molecule has 1 aliphatic carbocycles. The third kappa shape index (κ3) is 6.29. The average molecular weight is 510 g/mol. The number of carbonyl (C=O) groups is 3. The van der Waals surface area contributed by atoms with Gasteiger partial charge in [-0.1, -0.05) is 12.1 Å². The number of ether oxygens (including phenoxy) is 3. The Hall–Kier alpha value is -4.28. The average Bonchev–Trinajstić information content (AvgIpc) is 2.88. The van der Waals surface area contributed by atoms with Crippen molar-refractivity contribution in [1.82, 2.24) is 15.2 Å². The predicted octanol–water partition coefficient (Wildman–Crippen LogP) is 1.82. The summed E-state index contributed by atoms with van der Waals surface area (Å²) in [5.74, 6) is 0.178. The van der Waals surface area contributed by atoms with E-state index in [0.29, 0.717) is 35.8 Å². The van der Waals surface area contributed by atoms with Gasteiger partial charge < -0.3 is 35.9 Å². The summed E-state index contributed by atoms with van der Waals surface area (Å²) in [6.07, 6.45) is 5.07. The molecule has 0 radical (unpaired) electrons. The van der Waals surface area contributed by atoms with Crippen LogP contribution in [0.1, 0.15) is 41.7 Å². The van der Waals surface area contributed by atoms with Crippen LogP contribution >= 0.6 is 0 Å². The highest BCUT2D eigenvalue weighted by Crippen LogP contribution is 2.27. The molecule has 11 nitrogen and oxygen atoms in total. The molecule has 11 heteroatoms. The molecule has 1 saturated heterocycles. The standard InChI is InChI=1S/C26H31N5O6/c1-35-26(34)31-14-19(15-31)36-18-10-11-22(29-13-18)21(12-27)25(33)30-16-6-8-17(9-7-16)37-23-5-3-2-4-20(23)24(28)32/h2-5,10-13,16-17,19H,6-9,14-15,27H2,1H3,(H2,28,32)(H,30,33). The van der Waals surface area contributed by atoms with Crippen LogP contribution in [0.25, 0.3) is 5.57 Å². The van der Waals surface area contributed by atoms with Gasteiger partial charge in [0.05, 0.1) is 49.3 Å². The first-order chi connectivity index (χ1) is 17.9. The van der Waals surface area contributed by atoms with Gasteiger partial charge in [0, 0.05) is 12.2 Å². The van der Waals surface area contributed by atoms with Crippen molar-refractivity contribution in [2.75, 3.05) is 20.2 Å². The zero-order valence-electron chi connectivity index (χ0n) is 20.6. The van der Waals surface area contributed by atoms with E-state index in [1.54, 1.807) is 36.4 Å². The van der Waals surface area contributed by atoms with Crippen LogP contribution in [0.15, 0.2) is 48.8 Å². The predicted molar refractivity (Wildman–Crippen MR) is 135 cm³/mol. The van der Waals surface area contributed by atoms with E-state index in [4.69, 9.17) is 20.9 Å². The maximum absolute atomic E-state index is 12.9. The number of nitrogens with zero attached hydrogens (tertiary/aromatic N) is 2. The van der Waals surface area contributed by atoms with Gasteiger partial charge in [-0.2, -0.15) is 0 Å². The Labute approximate surface area is 214 Å². The first kappa shape index (κ1) is 25.8. The molecule has 1 saturated carbocycles. The number of nitrogens with two attached hydrogens (primary N) is 2. The number of primary amides is 1. The number of hydrogen-bond donors (Lipinski definition) is 3. The van der Waals surface area contributed by atoms with Crippen LogP contribution in [-0.2, 0) is 9.53 Å². The molecule has 2 heterocycles. The summed E-state index contributed by atoms with van der Waals surface area (Å²) in [6.45, 7) is 0.880. The molecule has 37 heavy (non-hydrogen) atoms. The first-order valence-corrected chi connectivity index (χ1v) is 12.1. The fourth-order valence-corrected chi connectivity index (χ4v) is 4.41. The highest BCUT2D eigenvalue weighted by Gasteiger charge is 2.33. The fraction of sp³-hybridized carbons (Fsp3) is 0.385. The van der Waals surface area contributed by atoms with E-state index in [-0.39, 0.29) is 35.8 Å². The molecule has 0 bridgehead atoms. The van der Waals surface area contributed by atoms with Crippen LogP contribution in [-0.4, -0.2) is 66.2 Å². The lowest BCUT2D eigenvalue weighted by Gasteiger charge is -2.37. The number of aromatic nitrogens is 1. The van der Waals surface area contributed by atoms with Gasteiger partial charge in [0.1, 0.15) is 17.6 Å². The topological polar surface area (TPSA) is 159 Å². The third-order valence-electron chi connectivity index (χ3n) is 6.46. The van der Waals surface area contributed by atoms with E-state index in [2.05, 4.69) is 15.0 Å². The monoisotopic (exact) mass is 509 g/mol. The molecule has 2 fully saturated rings. The van der Waals surface area contributed by atoms with Crippen molar-refractivity contribution >= 4 is 23.5 Å². The molecule has 1 aliphatic heterocycles. The lowest BCUT2D eigenvalue weighted by Crippen LogP contribution is -2.56. The van der Waals surface area contributed by atoms with Gasteiger partial charge in [-0.15, -0.1) is 0 Å². The summed E-state index contributed by atoms with van der Waals surface area (Å²) in [7, 11) is 1.34. The highest BCUT2D eigenvalue weighted by atomic mass is 16.5. The van der Waals surface area contributed by atoms with Gasteiger partial charge in [0.2, 0.25) is 0 Å². The molecule has 5 N–H and O–H groups in total. The van der Waals surface area contributed by atoms with Crippen molar-refractivity contribution < 1.29 is 28.6 Å². The highest BCUT2D eigenvalue weighted by molar-refractivity contribution is 6.18. The van der Waals surface area contributed by atoms with Gasteiger partial charge in [-0.25, -0.2) is 4.79 Å². The van der Waals surface area contributed by atoms with Gasteiger partial charge in [0.25, 0.3) is 11.8 Å². The molecular formula is C26H31N5O6. The van der Waals surface area contributed by atoms with E-state index >= 15 is 0 Å². The molecule has 1 aromatic carbocycles. The lowest BCUT2D eigenvalue weighted by atomic mass is 9.92. The second kappa shape index (κ2) is 11.6. The van der Waals surface area contributed by atoms with Crippen molar-refractivity contribution in [1.29, 1.82) is 0 Å². The van der Waals surface area contributed by atoms with Crippen LogP contribution in [0, 0.1) is 0 Å². The largest absolute Gasteiger partial charge is 0.490 e. The summed E-state index contributed by atoms with van der Waals surface area (Å²) >= 11 is 0. The Bertz CT molecular complexity index is 1150. The quantitative estimate of drug-likeness (QED) is 0.454. The van der Waals surface area contributed by atoms with E-state index in [0.717, 1.165) is 25.7 Å². The Morgan fingerprint density at radius 2 is 1.76 bits per heavy atom. The van der Waals surface area contributed by atoms with Crippen molar-refractivity contribution in [3.63, 3.8) is 0 Å². The van der Waals surface area contributed by atoms with E-state index < -0.39 is 5.91 Å². The van der Waals surface area contributed by atoms with Crippen LogP contribution in [0.5, 0.6) is 11.5 Å². The maximum atomic E-state index is 12.9. The molecule has 2 aliphatic rings. The SMILES string of the molecule is COC(=O)N1CC(Oc2ccc(C(=CN)C(=O)NC3CCC(Oc4ccccc4C(N)=O)CC3)nc2)C1. The number of para-hydroxylation sites is 1. The van der Waals surface area contributed by atoms with Gasteiger partial charge in [-0.3, -0.25) is 14.6 Å². The minimum Gasteiger partial charge on any atom is -0.490 e. The summed E-state index contributed by atoms with van der Waals surface area (Å²) in [6, 6.07) is 10.3.